The molecule has 0 aliphatic rings. The molecule has 0 radical (unpaired) electrons. The van der Waals surface area contributed by atoms with Crippen LogP contribution in [0.4, 0.5) is 0 Å². The largest absolute Gasteiger partial charge is 0.396 e. The number of aromatic nitrogens is 1. The molecule has 1 aromatic heterocycles. The van der Waals surface area contributed by atoms with Gasteiger partial charge in [0.2, 0.25) is 0 Å². The van der Waals surface area contributed by atoms with Crippen LogP contribution in [-0.4, -0.2) is 46.4 Å². The van der Waals surface area contributed by atoms with Crippen molar-refractivity contribution in [3.63, 3.8) is 0 Å². The van der Waals surface area contributed by atoms with Gasteiger partial charge >= 0.3 is 0 Å². The summed E-state index contributed by atoms with van der Waals surface area (Å²) < 4.78 is 0. The van der Waals surface area contributed by atoms with E-state index in [-0.39, 0.29) is 13.2 Å². The van der Waals surface area contributed by atoms with E-state index >= 15 is 0 Å². The first kappa shape index (κ1) is 15.6. The highest BCUT2D eigenvalue weighted by Crippen LogP contribution is 2.20. The van der Waals surface area contributed by atoms with Crippen LogP contribution in [0, 0.1) is 0 Å². The first-order chi connectivity index (χ1) is 10.3. The smallest absolute Gasteiger partial charge is 0.0558 e. The summed E-state index contributed by atoms with van der Waals surface area (Å²) in [6.07, 6.45) is 4.35. The maximum atomic E-state index is 9.13. The number of hydrogen-bond donors (Lipinski definition) is 2. The summed E-state index contributed by atoms with van der Waals surface area (Å²) in [5, 5.41) is 18.1. The summed E-state index contributed by atoms with van der Waals surface area (Å²) >= 11 is 0. The molecule has 0 bridgehead atoms. The van der Waals surface area contributed by atoms with Gasteiger partial charge in [-0.25, -0.2) is 0 Å². The quantitative estimate of drug-likeness (QED) is 0.778. The third-order valence-electron chi connectivity index (χ3n) is 3.38. The molecule has 0 aliphatic carbocycles. The van der Waals surface area contributed by atoms with Crippen LogP contribution in [0.2, 0.25) is 0 Å². The molecule has 0 aliphatic heterocycles. The molecule has 4 nitrogen and oxygen atoms in total. The van der Waals surface area contributed by atoms with E-state index in [0.717, 1.165) is 30.6 Å². The molecule has 0 fully saturated rings. The molecule has 2 N–H and O–H groups in total. The molecule has 1 aromatic carbocycles. The molecule has 1 heterocycles. The van der Waals surface area contributed by atoms with Gasteiger partial charge in [-0.2, -0.15) is 0 Å². The lowest BCUT2D eigenvalue weighted by atomic mass is 10.0. The van der Waals surface area contributed by atoms with Crippen LogP contribution in [0.25, 0.3) is 11.1 Å². The van der Waals surface area contributed by atoms with Crippen molar-refractivity contribution < 1.29 is 10.2 Å². The highest BCUT2D eigenvalue weighted by Gasteiger charge is 2.06. The maximum absolute atomic E-state index is 9.13. The van der Waals surface area contributed by atoms with Crippen molar-refractivity contribution in [1.29, 1.82) is 0 Å². The lowest BCUT2D eigenvalue weighted by Gasteiger charge is -2.21. The standard InChI is InChI=1S/C17H22N2O2/c20-10-3-8-19(9-11-21)14-15-4-1-5-16(12-15)17-6-2-7-18-13-17/h1-2,4-7,12-13,20-21H,3,8-11,14H2. The molecule has 4 heteroatoms. The predicted molar refractivity (Wildman–Crippen MR) is 83.7 cm³/mol. The Hall–Kier alpha value is -1.75. The molecule has 0 saturated carbocycles. The summed E-state index contributed by atoms with van der Waals surface area (Å²) in [4.78, 5) is 6.30. The predicted octanol–water partition coefficient (Wildman–Crippen LogP) is 1.93. The zero-order chi connectivity index (χ0) is 14.9. The SMILES string of the molecule is OCCCN(CCO)Cc1cccc(-c2cccnc2)c1. The zero-order valence-corrected chi connectivity index (χ0v) is 12.2. The second-order valence-corrected chi connectivity index (χ2v) is 5.02. The Balaban J connectivity index is 2.09. The minimum atomic E-state index is 0.133. The van der Waals surface area contributed by atoms with Gasteiger partial charge in [-0.3, -0.25) is 9.88 Å². The first-order valence-electron chi connectivity index (χ1n) is 7.27. The summed E-state index contributed by atoms with van der Waals surface area (Å²) in [6.45, 7) is 2.49. The van der Waals surface area contributed by atoms with Gasteiger partial charge in [0.25, 0.3) is 0 Å². The van der Waals surface area contributed by atoms with E-state index < -0.39 is 0 Å². The minimum absolute atomic E-state index is 0.133. The van der Waals surface area contributed by atoms with Gasteiger partial charge in [-0.1, -0.05) is 24.3 Å². The summed E-state index contributed by atoms with van der Waals surface area (Å²) in [5.74, 6) is 0. The van der Waals surface area contributed by atoms with E-state index in [9.17, 15) is 0 Å². The van der Waals surface area contributed by atoms with Crippen LogP contribution in [0.3, 0.4) is 0 Å². The minimum Gasteiger partial charge on any atom is -0.396 e. The average Bonchev–Trinajstić information content (AvgIpc) is 2.54. The van der Waals surface area contributed by atoms with Gasteiger partial charge in [0, 0.05) is 38.6 Å². The fourth-order valence-electron chi connectivity index (χ4n) is 2.35. The molecule has 0 amide bonds. The molecule has 0 atom stereocenters. The van der Waals surface area contributed by atoms with Crippen molar-refractivity contribution in [3.8, 4) is 11.1 Å². The van der Waals surface area contributed by atoms with E-state index in [2.05, 4.69) is 28.1 Å². The number of benzene rings is 1. The summed E-state index contributed by atoms with van der Waals surface area (Å²) in [6, 6.07) is 12.3. The topological polar surface area (TPSA) is 56.6 Å². The van der Waals surface area contributed by atoms with Crippen LogP contribution < -0.4 is 0 Å². The van der Waals surface area contributed by atoms with Crippen molar-refractivity contribution in [2.24, 2.45) is 0 Å². The second-order valence-electron chi connectivity index (χ2n) is 5.02. The van der Waals surface area contributed by atoms with Gasteiger partial charge < -0.3 is 10.2 Å². The highest BCUT2D eigenvalue weighted by molar-refractivity contribution is 5.62. The Bertz CT molecular complexity index is 531. The molecule has 2 rings (SSSR count). The number of aliphatic hydroxyl groups excluding tert-OH is 2. The summed E-state index contributed by atoms with van der Waals surface area (Å²) in [5.41, 5.74) is 3.44. The first-order valence-corrected chi connectivity index (χ1v) is 7.27. The average molecular weight is 286 g/mol. The Morgan fingerprint density at radius 1 is 0.952 bits per heavy atom. The number of aliphatic hydroxyl groups is 2. The van der Waals surface area contributed by atoms with Gasteiger partial charge in [0.05, 0.1) is 6.61 Å². The third kappa shape index (κ3) is 4.93. The Morgan fingerprint density at radius 3 is 2.52 bits per heavy atom. The van der Waals surface area contributed by atoms with Crippen molar-refractivity contribution in [3.05, 3.63) is 54.4 Å². The summed E-state index contributed by atoms with van der Waals surface area (Å²) in [7, 11) is 0. The zero-order valence-electron chi connectivity index (χ0n) is 12.2. The fourth-order valence-corrected chi connectivity index (χ4v) is 2.35. The lowest BCUT2D eigenvalue weighted by Crippen LogP contribution is -2.28. The van der Waals surface area contributed by atoms with E-state index in [1.807, 2.05) is 24.4 Å². The Morgan fingerprint density at radius 2 is 1.81 bits per heavy atom. The van der Waals surface area contributed by atoms with Crippen LogP contribution in [0.5, 0.6) is 0 Å². The van der Waals surface area contributed by atoms with Crippen LogP contribution >= 0.6 is 0 Å². The molecule has 0 spiro atoms. The molecule has 0 unspecified atom stereocenters. The van der Waals surface area contributed by atoms with E-state index in [1.165, 1.54) is 5.56 Å². The number of hydrogen-bond acceptors (Lipinski definition) is 4. The number of rotatable bonds is 8. The normalized spacial score (nSPS) is 11.0. The van der Waals surface area contributed by atoms with Crippen LogP contribution in [0.1, 0.15) is 12.0 Å². The van der Waals surface area contributed by atoms with Crippen molar-refractivity contribution >= 4 is 0 Å². The van der Waals surface area contributed by atoms with E-state index in [0.29, 0.717) is 6.54 Å². The molecule has 112 valence electrons. The molecule has 21 heavy (non-hydrogen) atoms. The van der Waals surface area contributed by atoms with E-state index in [4.69, 9.17) is 10.2 Å². The van der Waals surface area contributed by atoms with E-state index in [1.54, 1.807) is 6.20 Å². The molecule has 0 saturated heterocycles. The fraction of sp³-hybridized carbons (Fsp3) is 0.353. The highest BCUT2D eigenvalue weighted by atomic mass is 16.3. The van der Waals surface area contributed by atoms with Crippen molar-refractivity contribution in [2.45, 2.75) is 13.0 Å². The van der Waals surface area contributed by atoms with Crippen LogP contribution in [0.15, 0.2) is 48.8 Å². The van der Waals surface area contributed by atoms with Gasteiger partial charge in [-0.05, 0) is 35.2 Å². The third-order valence-corrected chi connectivity index (χ3v) is 3.38. The lowest BCUT2D eigenvalue weighted by molar-refractivity contribution is 0.174. The molecular weight excluding hydrogens is 264 g/mol. The maximum Gasteiger partial charge on any atom is 0.0558 e. The van der Waals surface area contributed by atoms with Gasteiger partial charge in [0.1, 0.15) is 0 Å². The van der Waals surface area contributed by atoms with Crippen LogP contribution in [-0.2, 0) is 6.54 Å². The molecular formula is C17H22N2O2. The van der Waals surface area contributed by atoms with Crippen molar-refractivity contribution in [2.75, 3.05) is 26.3 Å². The molecule has 2 aromatic rings. The Kier molecular flexibility index (Phi) is 6.34. The monoisotopic (exact) mass is 286 g/mol. The number of pyridine rings is 1. The number of nitrogens with zero attached hydrogens (tertiary/aromatic N) is 2. The second kappa shape index (κ2) is 8.52. The van der Waals surface area contributed by atoms with Gasteiger partial charge in [0.15, 0.2) is 0 Å². The Labute approximate surface area is 125 Å². The van der Waals surface area contributed by atoms with Gasteiger partial charge in [-0.15, -0.1) is 0 Å². The van der Waals surface area contributed by atoms with Crippen molar-refractivity contribution in [1.82, 2.24) is 9.88 Å².